The zero-order valence-electron chi connectivity index (χ0n) is 11.9. The largest absolute Gasteiger partial charge is 0.319 e. The number of aryl methyl sites for hydroxylation is 1. The van der Waals surface area contributed by atoms with Crippen molar-refractivity contribution in [2.45, 2.75) is 24.7 Å². The van der Waals surface area contributed by atoms with Gasteiger partial charge in [0.15, 0.2) is 0 Å². The van der Waals surface area contributed by atoms with E-state index in [0.717, 1.165) is 19.4 Å². The van der Waals surface area contributed by atoms with Crippen LogP contribution in [0, 0.1) is 18.7 Å². The SMILES string of the molecule is CNCC1CCN(S(=O)(=O)c2ccc(F)cc2C)CC1. The second kappa shape index (κ2) is 6.20. The highest BCUT2D eigenvalue weighted by Gasteiger charge is 2.30. The number of nitrogens with one attached hydrogen (secondary N) is 1. The van der Waals surface area contributed by atoms with Gasteiger partial charge in [-0.25, -0.2) is 12.8 Å². The molecular weight excluding hydrogens is 279 g/mol. The van der Waals surface area contributed by atoms with Crippen LogP contribution < -0.4 is 5.32 Å². The Bertz CT molecular complexity index is 567. The molecule has 0 unspecified atom stereocenters. The van der Waals surface area contributed by atoms with Crippen molar-refractivity contribution in [1.29, 1.82) is 0 Å². The van der Waals surface area contributed by atoms with Gasteiger partial charge in [-0.05, 0) is 63.0 Å². The minimum Gasteiger partial charge on any atom is -0.319 e. The molecule has 1 aliphatic rings. The van der Waals surface area contributed by atoms with Crippen LogP contribution in [0.5, 0.6) is 0 Å². The Morgan fingerprint density at radius 3 is 2.55 bits per heavy atom. The fraction of sp³-hybridized carbons (Fsp3) is 0.571. The van der Waals surface area contributed by atoms with E-state index in [4.69, 9.17) is 0 Å². The third-order valence-corrected chi connectivity index (χ3v) is 5.88. The van der Waals surface area contributed by atoms with E-state index in [1.165, 1.54) is 22.5 Å². The molecule has 0 spiro atoms. The quantitative estimate of drug-likeness (QED) is 0.922. The molecule has 4 nitrogen and oxygen atoms in total. The van der Waals surface area contributed by atoms with Gasteiger partial charge in [0, 0.05) is 13.1 Å². The third-order valence-electron chi connectivity index (χ3n) is 3.82. The molecule has 1 aromatic carbocycles. The van der Waals surface area contributed by atoms with Crippen LogP contribution in [0.2, 0.25) is 0 Å². The summed E-state index contributed by atoms with van der Waals surface area (Å²) in [6.45, 7) is 3.62. The number of benzene rings is 1. The maximum atomic E-state index is 13.1. The Balaban J connectivity index is 2.15. The maximum Gasteiger partial charge on any atom is 0.243 e. The number of piperidine rings is 1. The van der Waals surface area contributed by atoms with Crippen molar-refractivity contribution < 1.29 is 12.8 Å². The lowest BCUT2D eigenvalue weighted by molar-refractivity contribution is 0.270. The Morgan fingerprint density at radius 1 is 1.35 bits per heavy atom. The van der Waals surface area contributed by atoms with E-state index in [1.54, 1.807) is 6.92 Å². The molecule has 0 atom stereocenters. The standard InChI is InChI=1S/C14H21FN2O2S/c1-11-9-13(15)3-4-14(11)20(18,19)17-7-5-12(6-8-17)10-16-2/h3-4,9,12,16H,5-8,10H2,1-2H3. The van der Waals surface area contributed by atoms with Crippen molar-refractivity contribution in [3.05, 3.63) is 29.6 Å². The summed E-state index contributed by atoms with van der Waals surface area (Å²) < 4.78 is 39.8. The second-order valence-electron chi connectivity index (χ2n) is 5.31. The molecule has 112 valence electrons. The summed E-state index contributed by atoms with van der Waals surface area (Å²) >= 11 is 0. The highest BCUT2D eigenvalue weighted by molar-refractivity contribution is 7.89. The van der Waals surface area contributed by atoms with Crippen molar-refractivity contribution in [2.75, 3.05) is 26.7 Å². The number of rotatable bonds is 4. The molecule has 1 heterocycles. The van der Waals surface area contributed by atoms with Gasteiger partial charge in [0.1, 0.15) is 5.82 Å². The molecule has 0 bridgehead atoms. The molecule has 20 heavy (non-hydrogen) atoms. The van der Waals surface area contributed by atoms with E-state index >= 15 is 0 Å². The Hall–Kier alpha value is -0.980. The summed E-state index contributed by atoms with van der Waals surface area (Å²) in [5, 5.41) is 3.13. The minimum absolute atomic E-state index is 0.214. The van der Waals surface area contributed by atoms with Crippen molar-refractivity contribution in [3.8, 4) is 0 Å². The van der Waals surface area contributed by atoms with Crippen LogP contribution in [0.3, 0.4) is 0 Å². The van der Waals surface area contributed by atoms with Crippen molar-refractivity contribution in [1.82, 2.24) is 9.62 Å². The fourth-order valence-corrected chi connectivity index (χ4v) is 4.36. The Labute approximate surface area is 120 Å². The minimum atomic E-state index is -3.50. The van der Waals surface area contributed by atoms with Gasteiger partial charge in [-0.1, -0.05) is 0 Å². The number of halogens is 1. The Morgan fingerprint density at radius 2 is 2.00 bits per heavy atom. The van der Waals surface area contributed by atoms with Crippen molar-refractivity contribution in [3.63, 3.8) is 0 Å². The van der Waals surface area contributed by atoms with E-state index in [9.17, 15) is 12.8 Å². The highest BCUT2D eigenvalue weighted by Crippen LogP contribution is 2.25. The van der Waals surface area contributed by atoms with Gasteiger partial charge >= 0.3 is 0 Å². The first kappa shape index (κ1) is 15.4. The smallest absolute Gasteiger partial charge is 0.243 e. The molecule has 1 fully saturated rings. The van der Waals surface area contributed by atoms with Gasteiger partial charge in [0.2, 0.25) is 10.0 Å². The zero-order valence-corrected chi connectivity index (χ0v) is 12.7. The van der Waals surface area contributed by atoms with Gasteiger partial charge in [0.25, 0.3) is 0 Å². The van der Waals surface area contributed by atoms with Gasteiger partial charge in [-0.15, -0.1) is 0 Å². The molecule has 1 saturated heterocycles. The molecule has 0 aromatic heterocycles. The molecule has 1 aliphatic heterocycles. The van der Waals surface area contributed by atoms with Crippen LogP contribution in [0.4, 0.5) is 4.39 Å². The first-order valence-corrected chi connectivity index (χ1v) is 8.30. The first-order chi connectivity index (χ1) is 9.45. The average molecular weight is 300 g/mol. The summed E-state index contributed by atoms with van der Waals surface area (Å²) in [4.78, 5) is 0.214. The van der Waals surface area contributed by atoms with Gasteiger partial charge < -0.3 is 5.32 Å². The maximum absolute atomic E-state index is 13.1. The normalized spacial score (nSPS) is 18.4. The predicted molar refractivity (Wildman–Crippen MR) is 76.5 cm³/mol. The van der Waals surface area contributed by atoms with Crippen molar-refractivity contribution in [2.24, 2.45) is 5.92 Å². The monoisotopic (exact) mass is 300 g/mol. The summed E-state index contributed by atoms with van der Waals surface area (Å²) in [5.41, 5.74) is 0.461. The van der Waals surface area contributed by atoms with Crippen LogP contribution >= 0.6 is 0 Å². The predicted octanol–water partition coefficient (Wildman–Crippen LogP) is 1.75. The van der Waals surface area contributed by atoms with Crippen LogP contribution in [0.25, 0.3) is 0 Å². The van der Waals surface area contributed by atoms with Crippen LogP contribution in [0.1, 0.15) is 18.4 Å². The molecule has 0 aliphatic carbocycles. The van der Waals surface area contributed by atoms with E-state index in [-0.39, 0.29) is 4.90 Å². The van der Waals surface area contributed by atoms with Gasteiger partial charge in [0.05, 0.1) is 4.90 Å². The highest BCUT2D eigenvalue weighted by atomic mass is 32.2. The summed E-state index contributed by atoms with van der Waals surface area (Å²) in [6.07, 6.45) is 1.72. The summed E-state index contributed by atoms with van der Waals surface area (Å²) in [6, 6.07) is 3.83. The van der Waals surface area contributed by atoms with Gasteiger partial charge in [-0.3, -0.25) is 0 Å². The molecule has 6 heteroatoms. The molecule has 0 amide bonds. The van der Waals surface area contributed by atoms with E-state index in [1.807, 2.05) is 7.05 Å². The molecule has 1 N–H and O–H groups in total. The zero-order chi connectivity index (χ0) is 14.8. The number of nitrogens with zero attached hydrogens (tertiary/aromatic N) is 1. The summed E-state index contributed by atoms with van der Waals surface area (Å²) in [7, 11) is -1.59. The average Bonchev–Trinajstić information content (AvgIpc) is 2.39. The topological polar surface area (TPSA) is 49.4 Å². The molecule has 2 rings (SSSR count). The van der Waals surface area contributed by atoms with E-state index in [2.05, 4.69) is 5.32 Å². The molecule has 0 radical (unpaired) electrons. The van der Waals surface area contributed by atoms with Crippen molar-refractivity contribution >= 4 is 10.0 Å². The van der Waals surface area contributed by atoms with Crippen LogP contribution in [0.15, 0.2) is 23.1 Å². The fourth-order valence-electron chi connectivity index (χ4n) is 2.68. The lowest BCUT2D eigenvalue weighted by Gasteiger charge is -2.31. The third kappa shape index (κ3) is 3.19. The molecular formula is C14H21FN2O2S. The van der Waals surface area contributed by atoms with Crippen LogP contribution in [-0.2, 0) is 10.0 Å². The van der Waals surface area contributed by atoms with Gasteiger partial charge in [-0.2, -0.15) is 4.31 Å². The van der Waals surface area contributed by atoms with E-state index < -0.39 is 15.8 Å². The lowest BCUT2D eigenvalue weighted by Crippen LogP contribution is -2.40. The summed E-state index contributed by atoms with van der Waals surface area (Å²) in [5.74, 6) is 0.120. The first-order valence-electron chi connectivity index (χ1n) is 6.86. The number of hydrogen-bond donors (Lipinski definition) is 1. The van der Waals surface area contributed by atoms with Crippen LogP contribution in [-0.4, -0.2) is 39.4 Å². The Kier molecular flexibility index (Phi) is 4.78. The number of hydrogen-bond acceptors (Lipinski definition) is 3. The molecule has 1 aromatic rings. The van der Waals surface area contributed by atoms with E-state index in [0.29, 0.717) is 24.6 Å². The molecule has 0 saturated carbocycles. The number of sulfonamides is 1. The lowest BCUT2D eigenvalue weighted by atomic mass is 9.98. The second-order valence-corrected chi connectivity index (χ2v) is 7.22.